The van der Waals surface area contributed by atoms with E-state index in [1.165, 1.54) is 0 Å². The summed E-state index contributed by atoms with van der Waals surface area (Å²) in [5, 5.41) is 9.47. The first-order valence-corrected chi connectivity index (χ1v) is 7.31. The summed E-state index contributed by atoms with van der Waals surface area (Å²) in [4.78, 5) is 26.5. The number of hydrogen-bond acceptors (Lipinski definition) is 3. The molecule has 1 unspecified atom stereocenters. The van der Waals surface area contributed by atoms with Gasteiger partial charge < -0.3 is 10.6 Å². The van der Waals surface area contributed by atoms with E-state index < -0.39 is 5.54 Å². The smallest absolute Gasteiger partial charge is 0.254 e. The number of carbonyl (C=O) groups excluding carboxylic acids is 2. The summed E-state index contributed by atoms with van der Waals surface area (Å²) < 4.78 is 0. The lowest BCUT2D eigenvalue weighted by atomic mass is 9.87. The van der Waals surface area contributed by atoms with Crippen LogP contribution in [0.3, 0.4) is 0 Å². The summed E-state index contributed by atoms with van der Waals surface area (Å²) in [6.07, 6.45) is 0.0715. The number of carbonyl (C=O) groups is 2. The van der Waals surface area contributed by atoms with Gasteiger partial charge in [-0.2, -0.15) is 0 Å². The van der Waals surface area contributed by atoms with Crippen LogP contribution in [-0.2, 0) is 10.3 Å². The van der Waals surface area contributed by atoms with Crippen molar-refractivity contribution >= 4 is 17.8 Å². The van der Waals surface area contributed by atoms with Gasteiger partial charge in [0.15, 0.2) is 5.96 Å². The van der Waals surface area contributed by atoms with Crippen molar-refractivity contribution < 1.29 is 9.59 Å². The maximum Gasteiger partial charge on any atom is 0.254 e. The zero-order valence-electron chi connectivity index (χ0n) is 13.1. The molecule has 0 spiro atoms. The number of amides is 2. The van der Waals surface area contributed by atoms with E-state index >= 15 is 0 Å². The first-order chi connectivity index (χ1) is 10.3. The van der Waals surface area contributed by atoms with Gasteiger partial charge in [0.25, 0.3) is 5.91 Å². The van der Waals surface area contributed by atoms with Gasteiger partial charge in [0, 0.05) is 12.1 Å². The van der Waals surface area contributed by atoms with Crippen LogP contribution in [0.2, 0.25) is 0 Å². The van der Waals surface area contributed by atoms with E-state index in [0.29, 0.717) is 12.1 Å². The highest BCUT2D eigenvalue weighted by Gasteiger charge is 2.47. The molecule has 1 aliphatic heterocycles. The van der Waals surface area contributed by atoms with E-state index in [0.717, 1.165) is 5.56 Å². The highest BCUT2D eigenvalue weighted by atomic mass is 16.2. The molecule has 0 saturated carbocycles. The van der Waals surface area contributed by atoms with Gasteiger partial charge in [-0.15, -0.1) is 0 Å². The van der Waals surface area contributed by atoms with E-state index in [9.17, 15) is 9.59 Å². The molecule has 6 heteroatoms. The second kappa shape index (κ2) is 5.79. The fourth-order valence-corrected chi connectivity index (χ4v) is 3.00. The summed E-state index contributed by atoms with van der Waals surface area (Å²) in [7, 11) is 0. The summed E-state index contributed by atoms with van der Waals surface area (Å²) in [6, 6.07) is 7.37. The molecule has 1 atom stereocenters. The molecule has 1 heterocycles. The van der Waals surface area contributed by atoms with Gasteiger partial charge in [0.05, 0.1) is 12.0 Å². The average Bonchev–Trinajstić information content (AvgIpc) is 2.60. The van der Waals surface area contributed by atoms with Crippen LogP contribution in [0, 0.1) is 11.3 Å². The Morgan fingerprint density at radius 2 is 2.05 bits per heavy atom. The molecule has 2 amide bonds. The van der Waals surface area contributed by atoms with Crippen LogP contribution in [-0.4, -0.2) is 29.2 Å². The third-order valence-electron chi connectivity index (χ3n) is 3.91. The van der Waals surface area contributed by atoms with Crippen LogP contribution in [0.25, 0.3) is 0 Å². The van der Waals surface area contributed by atoms with Crippen molar-refractivity contribution in [2.24, 2.45) is 11.7 Å². The third kappa shape index (κ3) is 2.81. The largest absolute Gasteiger partial charge is 0.370 e. The topological polar surface area (TPSA) is 99.3 Å². The number of guanidine groups is 1. The van der Waals surface area contributed by atoms with E-state index in [2.05, 4.69) is 5.32 Å². The van der Waals surface area contributed by atoms with Crippen LogP contribution in [0.15, 0.2) is 24.3 Å². The minimum atomic E-state index is -0.725. The number of nitrogens with zero attached hydrogens (tertiary/aromatic N) is 1. The number of nitrogens with one attached hydrogen (secondary N) is 2. The molecule has 0 bridgehead atoms. The van der Waals surface area contributed by atoms with E-state index in [4.69, 9.17) is 11.1 Å². The second-order valence-corrected chi connectivity index (χ2v) is 6.27. The van der Waals surface area contributed by atoms with Gasteiger partial charge in [-0.05, 0) is 24.5 Å². The number of nitrogens with two attached hydrogens (primary N) is 1. The summed E-state index contributed by atoms with van der Waals surface area (Å²) >= 11 is 0. The molecule has 2 rings (SSSR count). The Morgan fingerprint density at radius 3 is 2.64 bits per heavy atom. The molecule has 118 valence electrons. The summed E-state index contributed by atoms with van der Waals surface area (Å²) in [5.74, 6) is -0.522. The lowest BCUT2D eigenvalue weighted by Crippen LogP contribution is -2.47. The molecule has 0 saturated heterocycles. The SMILES string of the molecule is CC(C)CN1C(=O)c2ccccc2C1(C)CC(=O)NC(=N)N. The van der Waals surface area contributed by atoms with Crippen LogP contribution in [0.4, 0.5) is 0 Å². The molecule has 0 aliphatic carbocycles. The second-order valence-electron chi connectivity index (χ2n) is 6.27. The molecule has 1 aromatic rings. The van der Waals surface area contributed by atoms with Gasteiger partial charge in [0.1, 0.15) is 0 Å². The Kier molecular flexibility index (Phi) is 4.21. The van der Waals surface area contributed by atoms with Gasteiger partial charge in [0.2, 0.25) is 5.91 Å². The van der Waals surface area contributed by atoms with Crippen molar-refractivity contribution in [1.29, 1.82) is 5.41 Å². The first kappa shape index (κ1) is 16.0. The van der Waals surface area contributed by atoms with Gasteiger partial charge in [-0.3, -0.25) is 20.3 Å². The van der Waals surface area contributed by atoms with Gasteiger partial charge in [-0.25, -0.2) is 0 Å². The number of fused-ring (bicyclic) bond motifs is 1. The standard InChI is InChI=1S/C16H22N4O2/c1-10(2)9-20-14(22)11-6-4-5-7-12(11)16(20,3)8-13(21)19-15(17)18/h4-7,10H,8-9H2,1-3H3,(H4,17,18,19,21). The third-order valence-corrected chi connectivity index (χ3v) is 3.91. The quantitative estimate of drug-likeness (QED) is 0.579. The summed E-state index contributed by atoms with van der Waals surface area (Å²) in [5.41, 5.74) is 5.98. The van der Waals surface area contributed by atoms with Gasteiger partial charge in [-0.1, -0.05) is 32.0 Å². The van der Waals surface area contributed by atoms with Crippen molar-refractivity contribution in [3.05, 3.63) is 35.4 Å². The Morgan fingerprint density at radius 1 is 1.41 bits per heavy atom. The van der Waals surface area contributed by atoms with Crippen molar-refractivity contribution in [1.82, 2.24) is 10.2 Å². The van der Waals surface area contributed by atoms with Crippen LogP contribution >= 0.6 is 0 Å². The zero-order valence-corrected chi connectivity index (χ0v) is 13.1. The van der Waals surface area contributed by atoms with Crippen LogP contribution in [0.5, 0.6) is 0 Å². The molecular formula is C16H22N4O2. The molecule has 4 N–H and O–H groups in total. The number of benzene rings is 1. The molecule has 0 radical (unpaired) electrons. The molecule has 22 heavy (non-hydrogen) atoms. The lowest BCUT2D eigenvalue weighted by Gasteiger charge is -2.36. The van der Waals surface area contributed by atoms with Crippen molar-refractivity contribution in [3.63, 3.8) is 0 Å². The average molecular weight is 302 g/mol. The Hall–Kier alpha value is -2.37. The zero-order chi connectivity index (χ0) is 16.5. The highest BCUT2D eigenvalue weighted by molar-refractivity contribution is 6.01. The lowest BCUT2D eigenvalue weighted by molar-refractivity contribution is -0.122. The summed E-state index contributed by atoms with van der Waals surface area (Å²) in [6.45, 7) is 6.52. The molecule has 1 aromatic carbocycles. The Labute approximate surface area is 130 Å². The normalized spacial score (nSPS) is 20.2. The van der Waals surface area contributed by atoms with E-state index in [-0.39, 0.29) is 30.1 Å². The Bertz CT molecular complexity index is 626. The van der Waals surface area contributed by atoms with Crippen LogP contribution < -0.4 is 11.1 Å². The van der Waals surface area contributed by atoms with Crippen LogP contribution in [0.1, 0.15) is 43.1 Å². The fourth-order valence-electron chi connectivity index (χ4n) is 3.00. The maximum absolute atomic E-state index is 12.7. The first-order valence-electron chi connectivity index (χ1n) is 7.31. The van der Waals surface area contributed by atoms with Crippen molar-refractivity contribution in [2.45, 2.75) is 32.7 Å². The minimum Gasteiger partial charge on any atom is -0.370 e. The van der Waals surface area contributed by atoms with Crippen molar-refractivity contribution in [2.75, 3.05) is 6.54 Å². The maximum atomic E-state index is 12.7. The predicted molar refractivity (Wildman–Crippen MR) is 84.3 cm³/mol. The number of rotatable bonds is 4. The predicted octanol–water partition coefficient (Wildman–Crippen LogP) is 1.41. The molecule has 0 fully saturated rings. The fraction of sp³-hybridized carbons (Fsp3) is 0.438. The minimum absolute atomic E-state index is 0.0533. The number of hydrogen-bond donors (Lipinski definition) is 3. The van der Waals surface area contributed by atoms with E-state index in [1.807, 2.05) is 39.0 Å². The molecular weight excluding hydrogens is 280 g/mol. The molecule has 1 aliphatic rings. The molecule has 6 nitrogen and oxygen atoms in total. The monoisotopic (exact) mass is 302 g/mol. The molecule has 0 aromatic heterocycles. The highest BCUT2D eigenvalue weighted by Crippen LogP contribution is 2.41. The van der Waals surface area contributed by atoms with E-state index in [1.54, 1.807) is 11.0 Å². The van der Waals surface area contributed by atoms with Crippen molar-refractivity contribution in [3.8, 4) is 0 Å². The Balaban J connectivity index is 2.40. The van der Waals surface area contributed by atoms with Gasteiger partial charge >= 0.3 is 0 Å².